The summed E-state index contributed by atoms with van der Waals surface area (Å²) >= 11 is 1.63. The minimum Gasteiger partial charge on any atom is -0.419 e. The van der Waals surface area contributed by atoms with E-state index in [9.17, 15) is 0 Å². The van der Waals surface area contributed by atoms with Crippen LogP contribution in [0.2, 0.25) is 0 Å². The quantitative estimate of drug-likeness (QED) is 0.670. The number of thioether (sulfide) groups is 1. The van der Waals surface area contributed by atoms with Crippen LogP contribution in [0.1, 0.15) is 43.2 Å². The fourth-order valence-electron chi connectivity index (χ4n) is 2.85. The number of rotatable bonds is 4. The van der Waals surface area contributed by atoms with Gasteiger partial charge in [-0.05, 0) is 31.9 Å². The summed E-state index contributed by atoms with van der Waals surface area (Å²) in [7, 11) is 0. The highest BCUT2D eigenvalue weighted by Crippen LogP contribution is 2.35. The Morgan fingerprint density at radius 1 is 1.04 bits per heavy atom. The fraction of sp³-hybridized carbons (Fsp3) is 0.412. The van der Waals surface area contributed by atoms with Crippen LogP contribution in [-0.2, 0) is 13.0 Å². The summed E-state index contributed by atoms with van der Waals surface area (Å²) in [5.41, 5.74) is 0.935. The van der Waals surface area contributed by atoms with E-state index >= 15 is 0 Å². The minimum atomic E-state index is 0.0338. The molecular weight excluding hydrogens is 322 g/mol. The second kappa shape index (κ2) is 6.76. The van der Waals surface area contributed by atoms with Gasteiger partial charge in [0.1, 0.15) is 5.82 Å². The van der Waals surface area contributed by atoms with Crippen LogP contribution in [0.25, 0.3) is 11.5 Å². The normalized spacial score (nSPS) is 15.7. The molecule has 1 aromatic carbocycles. The molecule has 3 heterocycles. The fourth-order valence-corrected chi connectivity index (χ4v) is 3.77. The predicted molar refractivity (Wildman–Crippen MR) is 91.6 cm³/mol. The van der Waals surface area contributed by atoms with Crippen LogP contribution in [0.5, 0.6) is 0 Å². The summed E-state index contributed by atoms with van der Waals surface area (Å²) in [5, 5.41) is 18.1. The van der Waals surface area contributed by atoms with Crippen molar-refractivity contribution in [1.29, 1.82) is 0 Å². The van der Waals surface area contributed by atoms with Crippen LogP contribution in [0.4, 0.5) is 0 Å². The summed E-state index contributed by atoms with van der Waals surface area (Å²) in [6, 6.07) is 9.82. The lowest BCUT2D eigenvalue weighted by molar-refractivity contribution is 0.508. The lowest BCUT2D eigenvalue weighted by Gasteiger charge is -2.09. The molecule has 0 N–H and O–H groups in total. The standard InChI is InChI=1S/C17H19N5OS/c1-12(15-19-20-16(23-15)13-8-4-2-5-9-13)24-17-21-18-14-10-6-3-7-11-22(14)17/h2,4-5,8-9,12H,3,6-7,10-11H2,1H3. The van der Waals surface area contributed by atoms with Crippen molar-refractivity contribution in [1.82, 2.24) is 25.0 Å². The number of aromatic nitrogens is 5. The highest BCUT2D eigenvalue weighted by Gasteiger charge is 2.21. The topological polar surface area (TPSA) is 69.6 Å². The third kappa shape index (κ3) is 3.08. The first-order valence-electron chi connectivity index (χ1n) is 8.29. The molecule has 7 heteroatoms. The molecule has 0 saturated carbocycles. The highest BCUT2D eigenvalue weighted by molar-refractivity contribution is 7.99. The number of benzene rings is 1. The van der Waals surface area contributed by atoms with Crippen molar-refractivity contribution < 1.29 is 4.42 Å². The maximum absolute atomic E-state index is 5.85. The van der Waals surface area contributed by atoms with Gasteiger partial charge < -0.3 is 8.98 Å². The number of aryl methyl sites for hydroxylation is 1. The van der Waals surface area contributed by atoms with Gasteiger partial charge in [-0.15, -0.1) is 20.4 Å². The lowest BCUT2D eigenvalue weighted by Crippen LogP contribution is -2.03. The Bertz CT molecular complexity index is 814. The van der Waals surface area contributed by atoms with E-state index in [0.717, 1.165) is 29.5 Å². The second-order valence-corrected chi connectivity index (χ2v) is 7.24. The van der Waals surface area contributed by atoms with Crippen molar-refractivity contribution >= 4 is 11.8 Å². The van der Waals surface area contributed by atoms with Crippen LogP contribution < -0.4 is 0 Å². The van der Waals surface area contributed by atoms with Crippen LogP contribution >= 0.6 is 11.8 Å². The molecule has 24 heavy (non-hydrogen) atoms. The van der Waals surface area contributed by atoms with Gasteiger partial charge in [0.25, 0.3) is 0 Å². The Hall–Kier alpha value is -2.15. The first kappa shape index (κ1) is 15.4. The zero-order valence-electron chi connectivity index (χ0n) is 13.6. The van der Waals surface area contributed by atoms with Gasteiger partial charge in [0, 0.05) is 18.5 Å². The molecule has 1 unspecified atom stereocenters. The Balaban J connectivity index is 1.52. The van der Waals surface area contributed by atoms with Crippen LogP contribution in [-0.4, -0.2) is 25.0 Å². The molecule has 0 amide bonds. The van der Waals surface area contributed by atoms with Crippen LogP contribution in [0.15, 0.2) is 39.9 Å². The van der Waals surface area contributed by atoms with E-state index in [2.05, 4.69) is 31.9 Å². The van der Waals surface area contributed by atoms with Gasteiger partial charge in [-0.1, -0.05) is 36.4 Å². The monoisotopic (exact) mass is 341 g/mol. The zero-order chi connectivity index (χ0) is 16.4. The Labute approximate surface area is 144 Å². The molecule has 124 valence electrons. The van der Waals surface area contributed by atoms with E-state index in [0.29, 0.717) is 11.8 Å². The molecule has 4 rings (SSSR count). The van der Waals surface area contributed by atoms with Crippen molar-refractivity contribution in [2.24, 2.45) is 0 Å². The van der Waals surface area contributed by atoms with E-state index in [1.165, 1.54) is 19.3 Å². The van der Waals surface area contributed by atoms with Crippen molar-refractivity contribution in [2.75, 3.05) is 0 Å². The van der Waals surface area contributed by atoms with Crippen LogP contribution in [0.3, 0.4) is 0 Å². The largest absolute Gasteiger partial charge is 0.419 e. The van der Waals surface area contributed by atoms with Gasteiger partial charge in [0.2, 0.25) is 11.8 Å². The smallest absolute Gasteiger partial charge is 0.247 e. The minimum absolute atomic E-state index is 0.0338. The maximum atomic E-state index is 5.85. The van der Waals surface area contributed by atoms with E-state index in [1.54, 1.807) is 11.8 Å². The van der Waals surface area contributed by atoms with Gasteiger partial charge in [-0.25, -0.2) is 0 Å². The van der Waals surface area contributed by atoms with Crippen molar-refractivity contribution in [3.05, 3.63) is 42.0 Å². The zero-order valence-corrected chi connectivity index (χ0v) is 14.4. The lowest BCUT2D eigenvalue weighted by atomic mass is 10.2. The van der Waals surface area contributed by atoms with Gasteiger partial charge in [0.15, 0.2) is 5.16 Å². The third-order valence-corrected chi connectivity index (χ3v) is 5.23. The number of nitrogens with zero attached hydrogens (tertiary/aromatic N) is 5. The average molecular weight is 341 g/mol. The molecule has 0 aliphatic carbocycles. The summed E-state index contributed by atoms with van der Waals surface area (Å²) in [6.07, 6.45) is 4.65. The first-order valence-corrected chi connectivity index (χ1v) is 9.17. The average Bonchev–Trinajstić information content (AvgIpc) is 3.18. The molecule has 2 aromatic heterocycles. The van der Waals surface area contributed by atoms with Gasteiger partial charge >= 0.3 is 0 Å². The summed E-state index contributed by atoms with van der Waals surface area (Å²) in [6.45, 7) is 3.06. The van der Waals surface area contributed by atoms with E-state index in [-0.39, 0.29) is 5.25 Å². The van der Waals surface area contributed by atoms with Crippen molar-refractivity contribution in [3.63, 3.8) is 0 Å². The molecule has 3 aromatic rings. The Morgan fingerprint density at radius 3 is 2.79 bits per heavy atom. The molecule has 0 bridgehead atoms. The molecule has 0 saturated heterocycles. The maximum Gasteiger partial charge on any atom is 0.247 e. The Morgan fingerprint density at radius 2 is 1.92 bits per heavy atom. The molecule has 6 nitrogen and oxygen atoms in total. The van der Waals surface area contributed by atoms with Crippen molar-refractivity contribution in [2.45, 2.75) is 49.6 Å². The van der Waals surface area contributed by atoms with E-state index in [1.807, 2.05) is 30.3 Å². The summed E-state index contributed by atoms with van der Waals surface area (Å²) < 4.78 is 8.09. The molecule has 0 radical (unpaired) electrons. The van der Waals surface area contributed by atoms with Crippen LogP contribution in [0, 0.1) is 0 Å². The molecule has 1 atom stereocenters. The Kier molecular flexibility index (Phi) is 4.34. The van der Waals surface area contributed by atoms with E-state index in [4.69, 9.17) is 4.42 Å². The molecule has 0 spiro atoms. The van der Waals surface area contributed by atoms with Gasteiger partial charge in [-0.3, -0.25) is 0 Å². The SMILES string of the molecule is CC(Sc1nnc2n1CCCCC2)c1nnc(-c2ccccc2)o1. The van der Waals surface area contributed by atoms with E-state index < -0.39 is 0 Å². The molecule has 1 aliphatic heterocycles. The molecule has 1 aliphatic rings. The van der Waals surface area contributed by atoms with Gasteiger partial charge in [0.05, 0.1) is 5.25 Å². The molecule has 0 fully saturated rings. The first-order chi connectivity index (χ1) is 11.8. The number of fused-ring (bicyclic) bond motifs is 1. The third-order valence-electron chi connectivity index (χ3n) is 4.17. The van der Waals surface area contributed by atoms with Crippen molar-refractivity contribution in [3.8, 4) is 11.5 Å². The number of hydrogen-bond acceptors (Lipinski definition) is 6. The number of hydrogen-bond donors (Lipinski definition) is 0. The second-order valence-electron chi connectivity index (χ2n) is 5.93. The summed E-state index contributed by atoms with van der Waals surface area (Å²) in [5.74, 6) is 2.26. The highest BCUT2D eigenvalue weighted by atomic mass is 32.2. The predicted octanol–water partition coefficient (Wildman–Crippen LogP) is 3.91. The van der Waals surface area contributed by atoms with Gasteiger partial charge in [-0.2, -0.15) is 0 Å². The summed E-state index contributed by atoms with van der Waals surface area (Å²) in [4.78, 5) is 0. The molecular formula is C17H19N5OS.